The lowest BCUT2D eigenvalue weighted by molar-refractivity contribution is 0.915. The first-order valence-electron chi connectivity index (χ1n) is 7.62. The lowest BCUT2D eigenvalue weighted by Gasteiger charge is -2.05. The summed E-state index contributed by atoms with van der Waals surface area (Å²) in [6, 6.07) is 12.5. The Bertz CT molecular complexity index is 838. The smallest absolute Gasteiger partial charge is 0.0404 e. The number of hydrogen-bond donors (Lipinski definition) is 0. The summed E-state index contributed by atoms with van der Waals surface area (Å²) < 4.78 is 6.33. The summed E-state index contributed by atoms with van der Waals surface area (Å²) in [6.45, 7) is 0. The Hall–Kier alpha value is -1.78. The maximum atomic E-state index is 3.68. The van der Waals surface area contributed by atoms with Crippen LogP contribution in [0.1, 0.15) is 22.5 Å². The van der Waals surface area contributed by atoms with Crippen LogP contribution in [-0.4, -0.2) is 9.13 Å². The van der Waals surface area contributed by atoms with Gasteiger partial charge in [-0.3, -0.25) is 0 Å². The van der Waals surface area contributed by atoms with E-state index in [9.17, 15) is 0 Å². The highest BCUT2D eigenvalue weighted by Crippen LogP contribution is 2.29. The molecule has 3 aromatic rings. The molecule has 0 unspecified atom stereocenters. The van der Waals surface area contributed by atoms with Gasteiger partial charge in [-0.05, 0) is 59.7 Å². The summed E-state index contributed by atoms with van der Waals surface area (Å²) in [7, 11) is 4.09. The zero-order chi connectivity index (χ0) is 17.1. The third kappa shape index (κ3) is 3.82. The van der Waals surface area contributed by atoms with E-state index in [4.69, 9.17) is 0 Å². The molecule has 2 aromatic heterocycles. The van der Waals surface area contributed by atoms with Crippen molar-refractivity contribution in [1.29, 1.82) is 0 Å². The molecular weight excluding hydrogens is 428 g/mol. The van der Waals surface area contributed by atoms with Crippen molar-refractivity contribution >= 4 is 56.2 Å². The van der Waals surface area contributed by atoms with E-state index in [1.54, 1.807) is 0 Å². The van der Waals surface area contributed by atoms with Crippen LogP contribution in [-0.2, 0) is 14.1 Å². The zero-order valence-electron chi connectivity index (χ0n) is 13.6. The van der Waals surface area contributed by atoms with E-state index < -0.39 is 0 Å². The Kier molecular flexibility index (Phi) is 5.27. The van der Waals surface area contributed by atoms with Crippen LogP contribution in [0.2, 0.25) is 0 Å². The summed E-state index contributed by atoms with van der Waals surface area (Å²) in [5.41, 5.74) is 4.62. The highest BCUT2D eigenvalue weighted by molar-refractivity contribution is 9.11. The van der Waals surface area contributed by atoms with Gasteiger partial charge in [0.05, 0.1) is 0 Å². The molecule has 0 N–H and O–H groups in total. The van der Waals surface area contributed by atoms with Gasteiger partial charge in [-0.1, -0.05) is 44.0 Å². The van der Waals surface area contributed by atoms with E-state index in [2.05, 4.69) is 89.6 Å². The summed E-state index contributed by atoms with van der Waals surface area (Å²) in [5, 5.41) is 0. The van der Waals surface area contributed by atoms with Crippen LogP contribution < -0.4 is 0 Å². The van der Waals surface area contributed by atoms with Crippen molar-refractivity contribution < 1.29 is 0 Å². The van der Waals surface area contributed by atoms with Gasteiger partial charge in [0.25, 0.3) is 0 Å². The lowest BCUT2D eigenvalue weighted by Crippen LogP contribution is -1.88. The summed E-state index contributed by atoms with van der Waals surface area (Å²) in [6.07, 6.45) is 12.6. The predicted molar refractivity (Wildman–Crippen MR) is 111 cm³/mol. The summed E-state index contributed by atoms with van der Waals surface area (Å²) in [4.78, 5) is 0. The molecule has 1 aromatic carbocycles. The molecule has 0 aliphatic rings. The number of aromatic nitrogens is 2. The number of benzene rings is 1. The van der Waals surface area contributed by atoms with Crippen molar-refractivity contribution in [2.45, 2.75) is 0 Å². The first-order chi connectivity index (χ1) is 11.5. The molecule has 2 heterocycles. The molecule has 4 heteroatoms. The molecule has 0 fully saturated rings. The van der Waals surface area contributed by atoms with Crippen molar-refractivity contribution in [1.82, 2.24) is 9.13 Å². The molecule has 0 saturated carbocycles. The molecule has 0 bridgehead atoms. The largest absolute Gasteiger partial charge is 0.351 e. The fourth-order valence-corrected chi connectivity index (χ4v) is 3.46. The Morgan fingerprint density at radius 2 is 1.12 bits per heavy atom. The third-order valence-corrected chi connectivity index (χ3v) is 5.32. The zero-order valence-corrected chi connectivity index (χ0v) is 16.8. The third-order valence-electron chi connectivity index (χ3n) is 3.95. The number of halogens is 2. The molecule has 24 heavy (non-hydrogen) atoms. The molecular formula is C20H18Br2N2. The highest BCUT2D eigenvalue weighted by atomic mass is 79.9. The maximum absolute atomic E-state index is 3.68. The topological polar surface area (TPSA) is 9.86 Å². The molecule has 0 saturated heterocycles. The van der Waals surface area contributed by atoms with Crippen molar-refractivity contribution in [3.05, 3.63) is 80.3 Å². The standard InChI is InChI=1S/C20H18Br2N2/c1-23-11-3-5-17(23)9-7-15-13-20(22)16(14-19(15)21)8-10-18-6-4-12-24(18)2/h3-14H,1-2H3/b9-7+,10-8+. The second-order valence-corrected chi connectivity index (χ2v) is 7.36. The molecule has 0 aliphatic carbocycles. The van der Waals surface area contributed by atoms with E-state index in [0.29, 0.717) is 0 Å². The van der Waals surface area contributed by atoms with E-state index in [0.717, 1.165) is 20.1 Å². The van der Waals surface area contributed by atoms with Crippen LogP contribution in [0.15, 0.2) is 57.7 Å². The number of aryl methyl sites for hydroxylation is 2. The molecule has 3 rings (SSSR count). The van der Waals surface area contributed by atoms with Gasteiger partial charge in [0.1, 0.15) is 0 Å². The highest BCUT2D eigenvalue weighted by Gasteiger charge is 2.04. The van der Waals surface area contributed by atoms with Crippen LogP contribution in [0.4, 0.5) is 0 Å². The molecule has 0 radical (unpaired) electrons. The van der Waals surface area contributed by atoms with Crippen LogP contribution in [0, 0.1) is 0 Å². The Morgan fingerprint density at radius 3 is 1.46 bits per heavy atom. The average Bonchev–Trinajstić information content (AvgIpc) is 3.15. The average molecular weight is 446 g/mol. The summed E-state index contributed by atoms with van der Waals surface area (Å²) in [5.74, 6) is 0. The fourth-order valence-electron chi connectivity index (χ4n) is 2.48. The van der Waals surface area contributed by atoms with Crippen LogP contribution >= 0.6 is 31.9 Å². The quantitative estimate of drug-likeness (QED) is 0.450. The number of nitrogens with zero attached hydrogens (tertiary/aromatic N) is 2. The van der Waals surface area contributed by atoms with Gasteiger partial charge in [-0.15, -0.1) is 0 Å². The van der Waals surface area contributed by atoms with E-state index in [-0.39, 0.29) is 0 Å². The predicted octanol–water partition coefficient (Wildman–Crippen LogP) is 6.23. The van der Waals surface area contributed by atoms with Crippen molar-refractivity contribution in [3.63, 3.8) is 0 Å². The molecule has 0 atom stereocenters. The molecule has 2 nitrogen and oxygen atoms in total. The fraction of sp³-hybridized carbons (Fsp3) is 0.100. The lowest BCUT2D eigenvalue weighted by atomic mass is 10.1. The van der Waals surface area contributed by atoms with E-state index in [1.165, 1.54) is 11.4 Å². The normalized spacial score (nSPS) is 11.8. The van der Waals surface area contributed by atoms with Gasteiger partial charge in [0.15, 0.2) is 0 Å². The summed E-state index contributed by atoms with van der Waals surface area (Å²) >= 11 is 7.36. The first-order valence-corrected chi connectivity index (χ1v) is 9.21. The molecule has 122 valence electrons. The van der Waals surface area contributed by atoms with Gasteiger partial charge >= 0.3 is 0 Å². The van der Waals surface area contributed by atoms with E-state index in [1.807, 2.05) is 38.6 Å². The minimum absolute atomic E-state index is 1.07. The van der Waals surface area contributed by atoms with Gasteiger partial charge in [-0.2, -0.15) is 0 Å². The molecule has 0 spiro atoms. The Balaban J connectivity index is 1.86. The Labute approximate surface area is 159 Å². The molecule has 0 amide bonds. The number of rotatable bonds is 4. The first kappa shape index (κ1) is 17.1. The van der Waals surface area contributed by atoms with Crippen molar-refractivity contribution in [2.75, 3.05) is 0 Å². The second kappa shape index (κ2) is 7.41. The van der Waals surface area contributed by atoms with Crippen molar-refractivity contribution in [2.24, 2.45) is 14.1 Å². The van der Waals surface area contributed by atoms with Gasteiger partial charge in [0.2, 0.25) is 0 Å². The van der Waals surface area contributed by atoms with Gasteiger partial charge in [-0.25, -0.2) is 0 Å². The van der Waals surface area contributed by atoms with Crippen LogP contribution in [0.3, 0.4) is 0 Å². The second-order valence-electron chi connectivity index (χ2n) is 5.65. The minimum Gasteiger partial charge on any atom is -0.351 e. The maximum Gasteiger partial charge on any atom is 0.0404 e. The SMILES string of the molecule is Cn1cccc1/C=C/c1cc(Br)c(/C=C/c2cccn2C)cc1Br. The van der Waals surface area contributed by atoms with Gasteiger partial charge in [0, 0.05) is 46.8 Å². The molecule has 0 aliphatic heterocycles. The Morgan fingerprint density at radius 1 is 0.708 bits per heavy atom. The monoisotopic (exact) mass is 444 g/mol. The van der Waals surface area contributed by atoms with Gasteiger partial charge < -0.3 is 9.13 Å². The minimum atomic E-state index is 1.07. The van der Waals surface area contributed by atoms with E-state index >= 15 is 0 Å². The number of hydrogen-bond acceptors (Lipinski definition) is 0. The van der Waals surface area contributed by atoms with Crippen LogP contribution in [0.5, 0.6) is 0 Å². The van der Waals surface area contributed by atoms with Crippen molar-refractivity contribution in [3.8, 4) is 0 Å². The van der Waals surface area contributed by atoms with Crippen LogP contribution in [0.25, 0.3) is 24.3 Å².